The van der Waals surface area contributed by atoms with Crippen molar-refractivity contribution >= 4 is 23.2 Å². The van der Waals surface area contributed by atoms with Crippen molar-refractivity contribution in [3.8, 4) is 0 Å². The van der Waals surface area contributed by atoms with Crippen LogP contribution in [-0.2, 0) is 17.8 Å². The number of rotatable bonds is 4. The summed E-state index contributed by atoms with van der Waals surface area (Å²) in [7, 11) is 0. The van der Waals surface area contributed by atoms with Gasteiger partial charge in [-0.15, -0.1) is 11.3 Å². The van der Waals surface area contributed by atoms with Gasteiger partial charge in [-0.3, -0.25) is 9.59 Å². The van der Waals surface area contributed by atoms with Crippen LogP contribution in [-0.4, -0.2) is 29.3 Å². The molecule has 1 aromatic heterocycles. The van der Waals surface area contributed by atoms with Crippen LogP contribution in [0.2, 0.25) is 0 Å². The first-order chi connectivity index (χ1) is 12.4. The van der Waals surface area contributed by atoms with Crippen molar-refractivity contribution in [2.24, 2.45) is 5.92 Å². The maximum atomic E-state index is 13.8. The number of amides is 2. The minimum atomic E-state index is -0.946. The number of nitrogens with one attached hydrogen (secondary N) is 1. The third-order valence-electron chi connectivity index (χ3n) is 4.53. The molecule has 0 spiro atoms. The fourth-order valence-electron chi connectivity index (χ4n) is 3.07. The van der Waals surface area contributed by atoms with Crippen LogP contribution in [0.5, 0.6) is 0 Å². The second kappa shape index (κ2) is 7.53. The SMILES string of the molecule is CC(C)C(NC(=O)c1c(F)cccc1F)C(=O)N1CCc2sccc2C1. The topological polar surface area (TPSA) is 49.4 Å². The van der Waals surface area contributed by atoms with E-state index in [0.717, 1.165) is 24.1 Å². The van der Waals surface area contributed by atoms with Crippen molar-refractivity contribution in [2.45, 2.75) is 32.9 Å². The van der Waals surface area contributed by atoms with Crippen LogP contribution in [0.3, 0.4) is 0 Å². The van der Waals surface area contributed by atoms with Gasteiger partial charge in [-0.05, 0) is 41.5 Å². The molecule has 1 aliphatic rings. The summed E-state index contributed by atoms with van der Waals surface area (Å²) in [6, 6.07) is 4.39. The molecule has 0 aliphatic carbocycles. The minimum Gasteiger partial charge on any atom is -0.340 e. The third kappa shape index (κ3) is 3.62. The van der Waals surface area contributed by atoms with Crippen LogP contribution < -0.4 is 5.32 Å². The molecule has 0 radical (unpaired) electrons. The molecule has 0 fully saturated rings. The van der Waals surface area contributed by atoms with E-state index in [1.165, 1.54) is 10.9 Å². The summed E-state index contributed by atoms with van der Waals surface area (Å²) in [5.74, 6) is -3.26. The van der Waals surface area contributed by atoms with Crippen molar-refractivity contribution < 1.29 is 18.4 Å². The molecule has 1 aromatic carbocycles. The molecule has 0 saturated heterocycles. The van der Waals surface area contributed by atoms with Crippen LogP contribution >= 0.6 is 11.3 Å². The number of fused-ring (bicyclic) bond motifs is 1. The lowest BCUT2D eigenvalue weighted by Gasteiger charge is -2.32. The van der Waals surface area contributed by atoms with Gasteiger partial charge in [0, 0.05) is 18.0 Å². The Morgan fingerprint density at radius 2 is 1.88 bits per heavy atom. The molecule has 0 saturated carbocycles. The number of halogens is 2. The van der Waals surface area contributed by atoms with Gasteiger partial charge in [0.05, 0.1) is 0 Å². The Balaban J connectivity index is 1.77. The van der Waals surface area contributed by atoms with Gasteiger partial charge in [0.2, 0.25) is 5.91 Å². The zero-order chi connectivity index (χ0) is 18.8. The Bertz CT molecular complexity index is 814. The van der Waals surface area contributed by atoms with E-state index >= 15 is 0 Å². The summed E-state index contributed by atoms with van der Waals surface area (Å²) in [4.78, 5) is 28.3. The number of carbonyl (C=O) groups is 2. The number of hydrogen-bond donors (Lipinski definition) is 1. The van der Waals surface area contributed by atoms with Crippen molar-refractivity contribution in [3.05, 3.63) is 57.3 Å². The summed E-state index contributed by atoms with van der Waals surface area (Å²) in [5, 5.41) is 4.52. The lowest BCUT2D eigenvalue weighted by molar-refractivity contribution is -0.135. The van der Waals surface area contributed by atoms with Crippen LogP contribution in [0.4, 0.5) is 8.78 Å². The van der Waals surface area contributed by atoms with E-state index in [-0.39, 0.29) is 11.8 Å². The highest BCUT2D eigenvalue weighted by atomic mass is 32.1. The first kappa shape index (κ1) is 18.5. The third-order valence-corrected chi connectivity index (χ3v) is 5.55. The molecule has 1 N–H and O–H groups in total. The molecule has 0 bridgehead atoms. The summed E-state index contributed by atoms with van der Waals surface area (Å²) in [6.45, 7) is 4.64. The monoisotopic (exact) mass is 378 g/mol. The molecular formula is C19H20F2N2O2S. The van der Waals surface area contributed by atoms with Gasteiger partial charge in [-0.2, -0.15) is 0 Å². The van der Waals surface area contributed by atoms with E-state index < -0.39 is 29.1 Å². The number of carbonyl (C=O) groups excluding carboxylic acids is 2. The molecule has 1 atom stereocenters. The molecule has 2 heterocycles. The molecular weight excluding hydrogens is 358 g/mol. The van der Waals surface area contributed by atoms with Crippen molar-refractivity contribution in [3.63, 3.8) is 0 Å². The fourth-order valence-corrected chi connectivity index (χ4v) is 3.96. The molecule has 7 heteroatoms. The van der Waals surface area contributed by atoms with E-state index in [9.17, 15) is 18.4 Å². The molecule has 2 aromatic rings. The van der Waals surface area contributed by atoms with E-state index in [2.05, 4.69) is 5.32 Å². The fraction of sp³-hybridized carbons (Fsp3) is 0.368. The van der Waals surface area contributed by atoms with Gasteiger partial charge in [0.25, 0.3) is 5.91 Å². The highest BCUT2D eigenvalue weighted by molar-refractivity contribution is 7.10. The Kier molecular flexibility index (Phi) is 5.36. The second-order valence-electron chi connectivity index (χ2n) is 6.67. The molecule has 1 unspecified atom stereocenters. The Hall–Kier alpha value is -2.28. The van der Waals surface area contributed by atoms with Gasteiger partial charge in [-0.1, -0.05) is 19.9 Å². The van der Waals surface area contributed by atoms with Crippen molar-refractivity contribution in [1.82, 2.24) is 10.2 Å². The average Bonchev–Trinajstić information content (AvgIpc) is 3.06. The summed E-state index contributed by atoms with van der Waals surface area (Å²) in [6.07, 6.45) is 0.777. The Morgan fingerprint density at radius 1 is 1.19 bits per heavy atom. The predicted octanol–water partition coefficient (Wildman–Crippen LogP) is 3.37. The van der Waals surface area contributed by atoms with Crippen molar-refractivity contribution in [1.29, 1.82) is 0 Å². The number of benzene rings is 1. The highest BCUT2D eigenvalue weighted by Gasteiger charge is 2.32. The van der Waals surface area contributed by atoms with E-state index in [1.807, 2.05) is 11.4 Å². The van der Waals surface area contributed by atoms with Crippen LogP contribution in [0.15, 0.2) is 29.6 Å². The maximum absolute atomic E-state index is 13.8. The summed E-state index contributed by atoms with van der Waals surface area (Å²) >= 11 is 1.67. The normalized spacial score (nSPS) is 14.9. The predicted molar refractivity (Wildman–Crippen MR) is 95.9 cm³/mol. The van der Waals surface area contributed by atoms with Gasteiger partial charge in [0.1, 0.15) is 23.2 Å². The minimum absolute atomic E-state index is 0.217. The number of thiophene rings is 1. The van der Waals surface area contributed by atoms with E-state index in [4.69, 9.17) is 0 Å². The number of nitrogens with zero attached hydrogens (tertiary/aromatic N) is 1. The average molecular weight is 378 g/mol. The summed E-state index contributed by atoms with van der Waals surface area (Å²) < 4.78 is 27.7. The molecule has 3 rings (SSSR count). The molecule has 138 valence electrons. The summed E-state index contributed by atoms with van der Waals surface area (Å²) in [5.41, 5.74) is 0.452. The quantitative estimate of drug-likeness (QED) is 0.887. The largest absolute Gasteiger partial charge is 0.340 e. The second-order valence-corrected chi connectivity index (χ2v) is 7.67. The Labute approximate surface area is 154 Å². The van der Waals surface area contributed by atoms with Gasteiger partial charge >= 0.3 is 0 Å². The zero-order valence-electron chi connectivity index (χ0n) is 14.6. The highest BCUT2D eigenvalue weighted by Crippen LogP contribution is 2.25. The van der Waals surface area contributed by atoms with Gasteiger partial charge in [0.15, 0.2) is 0 Å². The lowest BCUT2D eigenvalue weighted by Crippen LogP contribution is -2.52. The molecule has 26 heavy (non-hydrogen) atoms. The van der Waals surface area contributed by atoms with E-state index in [0.29, 0.717) is 13.1 Å². The van der Waals surface area contributed by atoms with E-state index in [1.54, 1.807) is 30.1 Å². The smallest absolute Gasteiger partial charge is 0.257 e. The first-order valence-electron chi connectivity index (χ1n) is 8.47. The van der Waals surface area contributed by atoms with Gasteiger partial charge in [-0.25, -0.2) is 8.78 Å². The van der Waals surface area contributed by atoms with Crippen LogP contribution in [0.1, 0.15) is 34.6 Å². The number of hydrogen-bond acceptors (Lipinski definition) is 3. The zero-order valence-corrected chi connectivity index (χ0v) is 15.4. The maximum Gasteiger partial charge on any atom is 0.257 e. The van der Waals surface area contributed by atoms with Gasteiger partial charge < -0.3 is 10.2 Å². The lowest BCUT2D eigenvalue weighted by atomic mass is 10.00. The van der Waals surface area contributed by atoms with Crippen LogP contribution in [0, 0.1) is 17.6 Å². The first-order valence-corrected chi connectivity index (χ1v) is 9.35. The Morgan fingerprint density at radius 3 is 2.54 bits per heavy atom. The standard InChI is InChI=1S/C19H20F2N2O2S/c1-11(2)17(22-18(24)16-13(20)4-3-5-14(16)21)19(25)23-8-6-15-12(10-23)7-9-26-15/h3-5,7,9,11,17H,6,8,10H2,1-2H3,(H,22,24). The van der Waals surface area contributed by atoms with Crippen LogP contribution in [0.25, 0.3) is 0 Å². The molecule has 2 amide bonds. The van der Waals surface area contributed by atoms with Crippen molar-refractivity contribution in [2.75, 3.05) is 6.54 Å². The molecule has 4 nitrogen and oxygen atoms in total. The molecule has 1 aliphatic heterocycles.